The zero-order valence-electron chi connectivity index (χ0n) is 8.79. The van der Waals surface area contributed by atoms with Gasteiger partial charge in [0.1, 0.15) is 0 Å². The van der Waals surface area contributed by atoms with Gasteiger partial charge in [0.05, 0.1) is 4.97 Å². The van der Waals surface area contributed by atoms with E-state index in [4.69, 9.17) is 10.6 Å². The second-order valence-corrected chi connectivity index (χ2v) is 2.27. The van der Waals surface area contributed by atoms with E-state index in [1.165, 1.54) is 7.05 Å². The van der Waals surface area contributed by atoms with Crippen LogP contribution in [0, 0.1) is 0 Å². The van der Waals surface area contributed by atoms with Crippen molar-refractivity contribution in [2.45, 2.75) is 0 Å². The van der Waals surface area contributed by atoms with E-state index in [1.807, 2.05) is 0 Å². The summed E-state index contributed by atoms with van der Waals surface area (Å²) in [5, 5.41) is 0. The number of nitrogens with two attached hydrogens (primary N) is 1. The number of rotatable bonds is 4. The van der Waals surface area contributed by atoms with Crippen molar-refractivity contribution in [3.63, 3.8) is 0 Å². The van der Waals surface area contributed by atoms with Gasteiger partial charge in [-0.2, -0.15) is 0 Å². The molecule has 0 amide bonds. The van der Waals surface area contributed by atoms with E-state index in [0.29, 0.717) is 0 Å². The van der Waals surface area contributed by atoms with Crippen LogP contribution in [0.1, 0.15) is 0 Å². The number of carbonyl (C=O) groups is 1. The Hall–Kier alpha value is -1.22. The third-order valence-corrected chi connectivity index (χ3v) is 1.61. The molecule has 0 bridgehead atoms. The lowest BCUT2D eigenvalue weighted by atomic mass is 10.6. The maximum absolute atomic E-state index is 11.3. The Kier molecular flexibility index (Phi) is 5.02. The van der Waals surface area contributed by atoms with Gasteiger partial charge in [-0.1, -0.05) is 16.3 Å². The Labute approximate surface area is 82.6 Å². The van der Waals surface area contributed by atoms with Gasteiger partial charge in [-0.15, -0.1) is 0 Å². The molecule has 82 valence electrons. The third-order valence-electron chi connectivity index (χ3n) is 1.61. The van der Waals surface area contributed by atoms with Crippen molar-refractivity contribution >= 4 is 11.8 Å². The summed E-state index contributed by atoms with van der Waals surface area (Å²) in [7, 11) is 6.20. The molecule has 14 heavy (non-hydrogen) atoms. The zero-order valence-corrected chi connectivity index (χ0v) is 8.79. The first-order chi connectivity index (χ1) is 6.55. The van der Waals surface area contributed by atoms with Crippen molar-refractivity contribution in [2.24, 2.45) is 10.7 Å². The minimum absolute atomic E-state index is 0.201. The lowest BCUT2D eigenvalue weighted by molar-refractivity contribution is -1.18. The number of nitrogens with zero attached hydrogens (tertiary/aromatic N) is 2. The van der Waals surface area contributed by atoms with Crippen LogP contribution in [0.25, 0.3) is 0 Å². The number of hydrogen-bond acceptors (Lipinski definition) is 6. The molecule has 0 aromatic rings. The summed E-state index contributed by atoms with van der Waals surface area (Å²) in [5.41, 5.74) is 13.3. The smallest absolute Gasteiger partial charge is 0.378 e. The van der Waals surface area contributed by atoms with E-state index in [1.54, 1.807) is 21.1 Å². The maximum atomic E-state index is 11.3. The average molecular weight is 205 g/mol. The summed E-state index contributed by atoms with van der Waals surface area (Å²) in [5.74, 6) is -0.932. The van der Waals surface area contributed by atoms with Crippen LogP contribution in [-0.2, 0) is 9.63 Å². The van der Waals surface area contributed by atoms with Crippen LogP contribution in [0.15, 0.2) is 4.99 Å². The lowest BCUT2D eigenvalue weighted by Gasteiger charge is -2.27. The fourth-order valence-electron chi connectivity index (χ4n) is 0.735. The van der Waals surface area contributed by atoms with E-state index < -0.39 is 10.9 Å². The Bertz CT molecular complexity index is 216. The molecule has 8 heteroatoms. The van der Waals surface area contributed by atoms with Crippen molar-refractivity contribution in [2.75, 3.05) is 28.2 Å². The molecule has 5 N–H and O–H groups in total. The minimum atomic E-state index is -0.731. The number of quaternary nitrogens is 1. The van der Waals surface area contributed by atoms with Gasteiger partial charge < -0.3 is 5.73 Å². The van der Waals surface area contributed by atoms with Crippen molar-refractivity contribution in [3.8, 4) is 0 Å². The fraction of sp³-hybridized carbons (Fsp3) is 0.667. The summed E-state index contributed by atoms with van der Waals surface area (Å²) in [6.07, 6.45) is 0. The van der Waals surface area contributed by atoms with Crippen molar-refractivity contribution in [3.05, 3.63) is 0 Å². The number of carbonyl (C=O) groups excluding carboxylic acids is 1. The molecule has 0 aromatic heterocycles. The highest BCUT2D eigenvalue weighted by atomic mass is 16.8. The van der Waals surface area contributed by atoms with E-state index in [0.717, 1.165) is 0 Å². The SMILES string of the molecule is CN=C(N)C(=O)O[N+](NC)(NC)NC. The summed E-state index contributed by atoms with van der Waals surface area (Å²) in [6, 6.07) is 0. The van der Waals surface area contributed by atoms with Crippen LogP contribution in [0.3, 0.4) is 0 Å². The van der Waals surface area contributed by atoms with Gasteiger partial charge in [0, 0.05) is 28.2 Å². The summed E-state index contributed by atoms with van der Waals surface area (Å²) in [4.78, 5) is 19.2. The minimum Gasteiger partial charge on any atom is -0.378 e. The average Bonchev–Trinajstić information content (AvgIpc) is 2.24. The van der Waals surface area contributed by atoms with Crippen LogP contribution < -0.4 is 22.0 Å². The molecule has 0 aliphatic heterocycles. The summed E-state index contributed by atoms with van der Waals surface area (Å²) < 4.78 is 0. The number of hydrogen-bond donors (Lipinski definition) is 4. The van der Waals surface area contributed by atoms with Gasteiger partial charge in [0.15, 0.2) is 0 Å². The first kappa shape index (κ1) is 12.8. The van der Waals surface area contributed by atoms with Crippen LogP contribution in [0.5, 0.6) is 0 Å². The topological polar surface area (TPSA) is 101 Å². The largest absolute Gasteiger partial charge is 0.439 e. The first-order valence-corrected chi connectivity index (χ1v) is 3.97. The van der Waals surface area contributed by atoms with E-state index >= 15 is 0 Å². The Morgan fingerprint density at radius 3 is 2.00 bits per heavy atom. The molecule has 0 atom stereocenters. The zero-order chi connectivity index (χ0) is 11.2. The van der Waals surface area contributed by atoms with Gasteiger partial charge in [-0.05, 0) is 0 Å². The normalized spacial score (nSPS) is 12.7. The van der Waals surface area contributed by atoms with Gasteiger partial charge in [-0.3, -0.25) is 4.99 Å². The molecule has 0 aromatic carbocycles. The molecule has 0 rings (SSSR count). The predicted octanol–water partition coefficient (Wildman–Crippen LogP) is -2.35. The van der Waals surface area contributed by atoms with Crippen LogP contribution in [0.4, 0.5) is 0 Å². The van der Waals surface area contributed by atoms with E-state index in [2.05, 4.69) is 21.3 Å². The monoisotopic (exact) mass is 205 g/mol. The van der Waals surface area contributed by atoms with Gasteiger partial charge in [0.2, 0.25) is 5.84 Å². The van der Waals surface area contributed by atoms with Crippen molar-refractivity contribution in [1.82, 2.24) is 16.3 Å². The van der Waals surface area contributed by atoms with E-state index in [9.17, 15) is 4.79 Å². The molecule has 0 saturated carbocycles. The number of amidine groups is 1. The highest BCUT2D eigenvalue weighted by molar-refractivity contribution is 6.34. The van der Waals surface area contributed by atoms with Crippen LogP contribution >= 0.6 is 0 Å². The second kappa shape index (κ2) is 5.50. The maximum Gasteiger partial charge on any atom is 0.439 e. The van der Waals surface area contributed by atoms with Crippen LogP contribution in [-0.4, -0.2) is 45.0 Å². The molecule has 0 aliphatic rings. The molecule has 0 unspecified atom stereocenters. The molecule has 0 radical (unpaired) electrons. The van der Waals surface area contributed by atoms with Gasteiger partial charge in [-0.25, -0.2) is 9.63 Å². The Balaban J connectivity index is 4.53. The number of nitrogens with one attached hydrogen (secondary N) is 3. The predicted molar refractivity (Wildman–Crippen MR) is 51.1 cm³/mol. The molecule has 0 saturated heterocycles. The molecule has 0 spiro atoms. The molecule has 8 nitrogen and oxygen atoms in total. The first-order valence-electron chi connectivity index (χ1n) is 3.97. The summed E-state index contributed by atoms with van der Waals surface area (Å²) in [6.45, 7) is 0. The van der Waals surface area contributed by atoms with Crippen molar-refractivity contribution < 1.29 is 14.6 Å². The third kappa shape index (κ3) is 2.92. The molecule has 0 fully saturated rings. The fourth-order valence-corrected chi connectivity index (χ4v) is 0.735. The standard InChI is InChI=1S/C6H17N6O2/c1-8-5(7)6(13)14-12(9-2,10-3)11-4/h9-11H,1-4H3,(H2,7,8)/q+1. The van der Waals surface area contributed by atoms with Crippen LogP contribution in [0.2, 0.25) is 0 Å². The summed E-state index contributed by atoms with van der Waals surface area (Å²) >= 11 is 0. The highest BCUT2D eigenvalue weighted by Crippen LogP contribution is 1.92. The molecule has 0 aliphatic carbocycles. The van der Waals surface area contributed by atoms with Crippen molar-refractivity contribution in [1.29, 1.82) is 0 Å². The Morgan fingerprint density at radius 1 is 1.29 bits per heavy atom. The Morgan fingerprint density at radius 2 is 1.71 bits per heavy atom. The second-order valence-electron chi connectivity index (χ2n) is 2.27. The van der Waals surface area contributed by atoms with Gasteiger partial charge >= 0.3 is 5.97 Å². The molecule has 0 heterocycles. The lowest BCUT2D eigenvalue weighted by Crippen LogP contribution is -2.71. The highest BCUT2D eigenvalue weighted by Gasteiger charge is 2.31. The number of aliphatic imine (C=N–C) groups is 1. The molecular formula is C6H17N6O2+. The van der Waals surface area contributed by atoms with E-state index in [-0.39, 0.29) is 5.84 Å². The van der Waals surface area contributed by atoms with Gasteiger partial charge in [0.25, 0.3) is 0 Å². The quantitative estimate of drug-likeness (QED) is 0.177. The molecular weight excluding hydrogens is 188 g/mol.